The molecule has 116 valence electrons. The van der Waals surface area contributed by atoms with E-state index in [1.165, 1.54) is 12.8 Å². The zero-order valence-corrected chi connectivity index (χ0v) is 13.1. The number of nitrogens with zero attached hydrogens (tertiary/aromatic N) is 2. The number of hydrogen-bond acceptors (Lipinski definition) is 3. The van der Waals surface area contributed by atoms with Crippen molar-refractivity contribution in [2.45, 2.75) is 64.5 Å². The van der Waals surface area contributed by atoms with Crippen molar-refractivity contribution in [2.75, 3.05) is 26.2 Å². The van der Waals surface area contributed by atoms with E-state index in [-0.39, 0.29) is 18.1 Å². The molecule has 2 rings (SSSR count). The summed E-state index contributed by atoms with van der Waals surface area (Å²) in [7, 11) is 0. The van der Waals surface area contributed by atoms with Gasteiger partial charge >= 0.3 is 0 Å². The first kappa shape index (κ1) is 15.8. The van der Waals surface area contributed by atoms with E-state index in [1.54, 1.807) is 0 Å². The van der Waals surface area contributed by atoms with Crippen LogP contribution in [0, 0.1) is 5.92 Å². The summed E-state index contributed by atoms with van der Waals surface area (Å²) in [5.41, 5.74) is 0. The van der Waals surface area contributed by atoms with Gasteiger partial charge in [-0.15, -0.1) is 0 Å². The van der Waals surface area contributed by atoms with Crippen molar-refractivity contribution in [2.24, 2.45) is 5.92 Å². The lowest BCUT2D eigenvalue weighted by Gasteiger charge is -2.38. The largest absolute Gasteiger partial charge is 0.393 e. The molecule has 0 aliphatic carbocycles. The summed E-state index contributed by atoms with van der Waals surface area (Å²) in [5, 5.41) is 9.78. The maximum Gasteiger partial charge on any atom is 0.239 e. The van der Waals surface area contributed by atoms with Crippen molar-refractivity contribution in [3.63, 3.8) is 0 Å². The number of amides is 1. The topological polar surface area (TPSA) is 43.8 Å². The molecule has 4 heteroatoms. The van der Waals surface area contributed by atoms with Gasteiger partial charge in [-0.05, 0) is 52.0 Å². The maximum absolute atomic E-state index is 12.6. The van der Waals surface area contributed by atoms with Gasteiger partial charge in [0.2, 0.25) is 5.91 Å². The number of aliphatic hydroxyl groups excluding tert-OH is 1. The molecule has 0 aromatic rings. The van der Waals surface area contributed by atoms with Crippen LogP contribution in [0.25, 0.3) is 0 Å². The lowest BCUT2D eigenvalue weighted by atomic mass is 9.92. The highest BCUT2D eigenvalue weighted by molar-refractivity contribution is 5.81. The first-order valence-corrected chi connectivity index (χ1v) is 8.30. The summed E-state index contributed by atoms with van der Waals surface area (Å²) in [6, 6.07) is -0.0327. The molecule has 3 atom stereocenters. The molecule has 0 saturated carbocycles. The summed E-state index contributed by atoms with van der Waals surface area (Å²) < 4.78 is 0. The van der Waals surface area contributed by atoms with Crippen molar-refractivity contribution in [3.05, 3.63) is 0 Å². The van der Waals surface area contributed by atoms with Crippen molar-refractivity contribution in [3.8, 4) is 0 Å². The highest BCUT2D eigenvalue weighted by Gasteiger charge is 2.31. The molecule has 2 heterocycles. The molecule has 20 heavy (non-hydrogen) atoms. The van der Waals surface area contributed by atoms with E-state index >= 15 is 0 Å². The Morgan fingerprint density at radius 3 is 2.30 bits per heavy atom. The van der Waals surface area contributed by atoms with Crippen molar-refractivity contribution in [1.82, 2.24) is 9.80 Å². The van der Waals surface area contributed by atoms with Crippen molar-refractivity contribution < 1.29 is 9.90 Å². The van der Waals surface area contributed by atoms with E-state index in [0.717, 1.165) is 51.9 Å². The lowest BCUT2D eigenvalue weighted by molar-refractivity contribution is -0.137. The fourth-order valence-electron chi connectivity index (χ4n) is 3.50. The Balaban J connectivity index is 1.91. The van der Waals surface area contributed by atoms with E-state index in [2.05, 4.69) is 9.80 Å². The summed E-state index contributed by atoms with van der Waals surface area (Å²) in [5.74, 6) is 0.612. The van der Waals surface area contributed by atoms with E-state index in [4.69, 9.17) is 0 Å². The van der Waals surface area contributed by atoms with Crippen LogP contribution in [-0.2, 0) is 4.79 Å². The van der Waals surface area contributed by atoms with Gasteiger partial charge < -0.3 is 10.0 Å². The highest BCUT2D eigenvalue weighted by atomic mass is 16.3. The minimum absolute atomic E-state index is 0.0327. The van der Waals surface area contributed by atoms with Gasteiger partial charge in [0.25, 0.3) is 0 Å². The average molecular weight is 282 g/mol. The highest BCUT2D eigenvalue weighted by Crippen LogP contribution is 2.22. The fourth-order valence-corrected chi connectivity index (χ4v) is 3.50. The zero-order valence-electron chi connectivity index (χ0n) is 13.1. The zero-order chi connectivity index (χ0) is 14.5. The molecule has 2 aliphatic rings. The second-order valence-corrected chi connectivity index (χ2v) is 6.55. The Bertz CT molecular complexity index is 312. The molecule has 0 aromatic carbocycles. The first-order valence-electron chi connectivity index (χ1n) is 8.30. The number of piperidine rings is 1. The number of likely N-dealkylation sites (tertiary alicyclic amines) is 2. The third-order valence-electron chi connectivity index (χ3n) is 4.99. The molecular formula is C16H30N2O2. The van der Waals surface area contributed by atoms with Crippen LogP contribution in [0.1, 0.15) is 52.4 Å². The number of hydrogen-bond donors (Lipinski definition) is 1. The summed E-state index contributed by atoms with van der Waals surface area (Å²) >= 11 is 0. The van der Waals surface area contributed by atoms with Gasteiger partial charge in [-0.3, -0.25) is 9.69 Å². The van der Waals surface area contributed by atoms with Crippen molar-refractivity contribution in [1.29, 1.82) is 0 Å². The molecule has 0 spiro atoms. The fraction of sp³-hybridized carbons (Fsp3) is 0.938. The number of aliphatic hydroxyl groups is 1. The molecule has 2 saturated heterocycles. The van der Waals surface area contributed by atoms with Crippen LogP contribution in [0.2, 0.25) is 0 Å². The average Bonchev–Trinajstić information content (AvgIpc) is 2.75. The van der Waals surface area contributed by atoms with Gasteiger partial charge in [0.15, 0.2) is 0 Å². The van der Waals surface area contributed by atoms with Gasteiger partial charge in [-0.2, -0.15) is 0 Å². The number of rotatable bonds is 3. The third-order valence-corrected chi connectivity index (χ3v) is 4.99. The van der Waals surface area contributed by atoms with Crippen LogP contribution < -0.4 is 0 Å². The second kappa shape index (κ2) is 7.41. The third kappa shape index (κ3) is 3.95. The van der Waals surface area contributed by atoms with Gasteiger partial charge in [0.1, 0.15) is 0 Å². The Morgan fingerprint density at radius 1 is 1.05 bits per heavy atom. The van der Waals surface area contributed by atoms with Crippen LogP contribution in [0.15, 0.2) is 0 Å². The maximum atomic E-state index is 12.6. The Hall–Kier alpha value is -0.610. The predicted octanol–water partition coefficient (Wildman–Crippen LogP) is 1.87. The summed E-state index contributed by atoms with van der Waals surface area (Å²) in [4.78, 5) is 17.0. The Labute approximate surface area is 123 Å². The van der Waals surface area contributed by atoms with Crippen LogP contribution in [0.3, 0.4) is 0 Å². The Kier molecular flexibility index (Phi) is 5.85. The van der Waals surface area contributed by atoms with Crippen LogP contribution in [0.4, 0.5) is 0 Å². The van der Waals surface area contributed by atoms with Gasteiger partial charge in [-0.1, -0.05) is 12.8 Å². The number of carbonyl (C=O) groups is 1. The Morgan fingerprint density at radius 2 is 1.70 bits per heavy atom. The summed E-state index contributed by atoms with van der Waals surface area (Å²) in [6.45, 7) is 7.61. The van der Waals surface area contributed by atoms with Gasteiger partial charge in [0, 0.05) is 19.6 Å². The van der Waals surface area contributed by atoms with E-state index in [0.29, 0.717) is 5.92 Å². The SMILES string of the molecule is CC(O)C1CCCN(C(C)C(=O)N2CCCCCC2)C1. The molecule has 2 fully saturated rings. The second-order valence-electron chi connectivity index (χ2n) is 6.55. The van der Waals surface area contributed by atoms with Crippen LogP contribution in [0.5, 0.6) is 0 Å². The number of carbonyl (C=O) groups excluding carboxylic acids is 1. The molecular weight excluding hydrogens is 252 g/mol. The molecule has 3 unspecified atom stereocenters. The van der Waals surface area contributed by atoms with Gasteiger partial charge in [0.05, 0.1) is 12.1 Å². The van der Waals surface area contributed by atoms with E-state index < -0.39 is 0 Å². The minimum Gasteiger partial charge on any atom is -0.393 e. The quantitative estimate of drug-likeness (QED) is 0.859. The van der Waals surface area contributed by atoms with Crippen LogP contribution in [-0.4, -0.2) is 59.1 Å². The first-order chi connectivity index (χ1) is 9.59. The molecule has 1 N–H and O–H groups in total. The summed E-state index contributed by atoms with van der Waals surface area (Å²) in [6.07, 6.45) is 6.71. The van der Waals surface area contributed by atoms with Crippen molar-refractivity contribution >= 4 is 5.91 Å². The van der Waals surface area contributed by atoms with E-state index in [1.807, 2.05) is 13.8 Å². The predicted molar refractivity (Wildman–Crippen MR) is 80.5 cm³/mol. The lowest BCUT2D eigenvalue weighted by Crippen LogP contribution is -2.51. The molecule has 2 aliphatic heterocycles. The van der Waals surface area contributed by atoms with Gasteiger partial charge in [-0.25, -0.2) is 0 Å². The standard InChI is InChI=1S/C16H30N2O2/c1-13(16(20)17-9-5-3-4-6-10-17)18-11-7-8-15(12-18)14(2)19/h13-15,19H,3-12H2,1-2H3. The monoisotopic (exact) mass is 282 g/mol. The molecule has 0 aromatic heterocycles. The molecule has 0 radical (unpaired) electrons. The molecule has 4 nitrogen and oxygen atoms in total. The smallest absolute Gasteiger partial charge is 0.239 e. The normalized spacial score (nSPS) is 28.8. The minimum atomic E-state index is -0.265. The van der Waals surface area contributed by atoms with E-state index in [9.17, 15) is 9.90 Å². The molecule has 0 bridgehead atoms. The van der Waals surface area contributed by atoms with Crippen LogP contribution >= 0.6 is 0 Å². The molecule has 1 amide bonds.